The number of halogens is 1. The summed E-state index contributed by atoms with van der Waals surface area (Å²) in [5, 5.41) is 5.40. The molecular weight excluding hydrogens is 386 g/mol. The number of carbonyl (C=O) groups excluding carboxylic acids is 1. The second-order valence-corrected chi connectivity index (χ2v) is 6.93. The molecule has 0 atom stereocenters. The molecule has 1 N–H and O–H groups in total. The van der Waals surface area contributed by atoms with E-state index in [9.17, 15) is 4.79 Å². The fourth-order valence-corrected chi connectivity index (χ4v) is 3.45. The monoisotopic (exact) mass is 401 g/mol. The van der Waals surface area contributed by atoms with Gasteiger partial charge < -0.3 is 5.32 Å². The van der Waals surface area contributed by atoms with Crippen molar-refractivity contribution < 1.29 is 4.79 Å². The number of rotatable bonds is 3. The lowest BCUT2D eigenvalue weighted by Crippen LogP contribution is -2.12. The average molecular weight is 402 g/mol. The maximum atomic E-state index is 12.5. The zero-order chi connectivity index (χ0) is 17.9. The molecule has 0 fully saturated rings. The van der Waals surface area contributed by atoms with E-state index < -0.39 is 0 Å². The fourth-order valence-electron chi connectivity index (χ4n) is 2.99. The second-order valence-electron chi connectivity index (χ2n) is 6.08. The van der Waals surface area contributed by atoms with Gasteiger partial charge in [-0.25, -0.2) is 0 Å². The molecule has 0 saturated heterocycles. The first-order valence-electron chi connectivity index (χ1n) is 8.36. The summed E-state index contributed by atoms with van der Waals surface area (Å²) in [5.41, 5.74) is 3.58. The lowest BCUT2D eigenvalue weighted by atomic mass is 10.0. The SMILES string of the molecule is O=C(Nc1cccc(-c2ccc3ccccc3c2)c1)c1ccccc1Br. The highest BCUT2D eigenvalue weighted by Gasteiger charge is 2.10. The van der Waals surface area contributed by atoms with E-state index >= 15 is 0 Å². The Kier molecular flexibility index (Phi) is 4.55. The van der Waals surface area contributed by atoms with E-state index in [-0.39, 0.29) is 5.91 Å². The third kappa shape index (κ3) is 3.39. The summed E-state index contributed by atoms with van der Waals surface area (Å²) in [6.45, 7) is 0. The summed E-state index contributed by atoms with van der Waals surface area (Å²) in [6.07, 6.45) is 0. The van der Waals surface area contributed by atoms with E-state index in [2.05, 4.69) is 57.6 Å². The maximum Gasteiger partial charge on any atom is 0.256 e. The van der Waals surface area contributed by atoms with Crippen molar-refractivity contribution >= 4 is 38.3 Å². The number of nitrogens with one attached hydrogen (secondary N) is 1. The summed E-state index contributed by atoms with van der Waals surface area (Å²) in [4.78, 5) is 12.5. The minimum atomic E-state index is -0.131. The Labute approximate surface area is 160 Å². The Morgan fingerprint density at radius 2 is 1.42 bits per heavy atom. The van der Waals surface area contributed by atoms with Crippen molar-refractivity contribution in [3.63, 3.8) is 0 Å². The van der Waals surface area contributed by atoms with Crippen molar-refractivity contribution in [2.24, 2.45) is 0 Å². The third-order valence-electron chi connectivity index (χ3n) is 4.32. The number of benzene rings is 4. The number of carbonyl (C=O) groups is 1. The highest BCUT2D eigenvalue weighted by atomic mass is 79.9. The quantitative estimate of drug-likeness (QED) is 0.415. The highest BCUT2D eigenvalue weighted by molar-refractivity contribution is 9.10. The van der Waals surface area contributed by atoms with Gasteiger partial charge in [-0.05, 0) is 68.2 Å². The van der Waals surface area contributed by atoms with Gasteiger partial charge in [0.05, 0.1) is 5.56 Å². The molecule has 4 aromatic rings. The van der Waals surface area contributed by atoms with Crippen molar-refractivity contribution in [2.45, 2.75) is 0 Å². The number of hydrogen-bond acceptors (Lipinski definition) is 1. The number of amides is 1. The van der Waals surface area contributed by atoms with Gasteiger partial charge >= 0.3 is 0 Å². The molecule has 0 aliphatic heterocycles. The van der Waals surface area contributed by atoms with Gasteiger partial charge in [-0.1, -0.05) is 60.7 Å². The van der Waals surface area contributed by atoms with Crippen LogP contribution in [-0.2, 0) is 0 Å². The molecule has 0 heterocycles. The van der Waals surface area contributed by atoms with Gasteiger partial charge in [0.25, 0.3) is 5.91 Å². The minimum absolute atomic E-state index is 0.131. The summed E-state index contributed by atoms with van der Waals surface area (Å²) < 4.78 is 0.781. The molecule has 0 aromatic heterocycles. The smallest absolute Gasteiger partial charge is 0.256 e. The molecule has 4 aromatic carbocycles. The first-order chi connectivity index (χ1) is 12.7. The predicted molar refractivity (Wildman–Crippen MR) is 111 cm³/mol. The lowest BCUT2D eigenvalue weighted by molar-refractivity contribution is 0.102. The Morgan fingerprint density at radius 1 is 0.692 bits per heavy atom. The van der Waals surface area contributed by atoms with Gasteiger partial charge in [0, 0.05) is 10.2 Å². The number of hydrogen-bond donors (Lipinski definition) is 1. The minimum Gasteiger partial charge on any atom is -0.322 e. The average Bonchev–Trinajstić information content (AvgIpc) is 2.68. The van der Waals surface area contributed by atoms with Gasteiger partial charge in [-0.2, -0.15) is 0 Å². The molecule has 0 bridgehead atoms. The van der Waals surface area contributed by atoms with E-state index in [4.69, 9.17) is 0 Å². The molecule has 2 nitrogen and oxygen atoms in total. The Hall–Kier alpha value is -2.91. The van der Waals surface area contributed by atoms with Crippen LogP contribution in [0.3, 0.4) is 0 Å². The van der Waals surface area contributed by atoms with Crippen LogP contribution in [0.2, 0.25) is 0 Å². The van der Waals surface area contributed by atoms with Gasteiger partial charge in [-0.3, -0.25) is 4.79 Å². The highest BCUT2D eigenvalue weighted by Crippen LogP contribution is 2.27. The fraction of sp³-hybridized carbons (Fsp3) is 0. The molecule has 0 aliphatic carbocycles. The lowest BCUT2D eigenvalue weighted by Gasteiger charge is -2.09. The molecule has 26 heavy (non-hydrogen) atoms. The van der Waals surface area contributed by atoms with E-state index in [0.717, 1.165) is 21.3 Å². The molecule has 0 unspecified atom stereocenters. The summed E-state index contributed by atoms with van der Waals surface area (Å²) in [6, 6.07) is 30.0. The number of anilines is 1. The molecular formula is C23H16BrNO. The Bertz CT molecular complexity index is 1100. The molecule has 0 radical (unpaired) electrons. The second kappa shape index (κ2) is 7.14. The van der Waals surface area contributed by atoms with E-state index in [1.165, 1.54) is 10.8 Å². The van der Waals surface area contributed by atoms with Crippen molar-refractivity contribution in [2.75, 3.05) is 5.32 Å². The zero-order valence-electron chi connectivity index (χ0n) is 13.9. The first-order valence-corrected chi connectivity index (χ1v) is 9.15. The van der Waals surface area contributed by atoms with Crippen LogP contribution in [0.4, 0.5) is 5.69 Å². The standard InChI is InChI=1S/C23H16BrNO/c24-22-11-4-3-10-21(22)23(26)25-20-9-5-8-18(15-20)19-13-12-16-6-1-2-7-17(16)14-19/h1-15H,(H,25,26). The van der Waals surface area contributed by atoms with Crippen molar-refractivity contribution in [1.29, 1.82) is 0 Å². The largest absolute Gasteiger partial charge is 0.322 e. The Balaban J connectivity index is 1.64. The summed E-state index contributed by atoms with van der Waals surface area (Å²) in [7, 11) is 0. The summed E-state index contributed by atoms with van der Waals surface area (Å²) in [5.74, 6) is -0.131. The van der Waals surface area contributed by atoms with E-state index in [1.54, 1.807) is 6.07 Å². The van der Waals surface area contributed by atoms with Gasteiger partial charge in [0.15, 0.2) is 0 Å². The number of fused-ring (bicyclic) bond motifs is 1. The first kappa shape index (κ1) is 16.6. The van der Waals surface area contributed by atoms with Gasteiger partial charge in [0.2, 0.25) is 0 Å². The summed E-state index contributed by atoms with van der Waals surface area (Å²) >= 11 is 3.42. The van der Waals surface area contributed by atoms with Crippen LogP contribution in [0, 0.1) is 0 Å². The van der Waals surface area contributed by atoms with Crippen LogP contribution in [-0.4, -0.2) is 5.91 Å². The van der Waals surface area contributed by atoms with Crippen LogP contribution in [0.15, 0.2) is 95.5 Å². The van der Waals surface area contributed by atoms with Crippen molar-refractivity contribution in [3.8, 4) is 11.1 Å². The van der Waals surface area contributed by atoms with E-state index in [0.29, 0.717) is 5.56 Å². The zero-order valence-corrected chi connectivity index (χ0v) is 15.5. The third-order valence-corrected chi connectivity index (χ3v) is 5.01. The van der Waals surface area contributed by atoms with Crippen molar-refractivity contribution in [3.05, 3.63) is 101 Å². The molecule has 0 saturated carbocycles. The topological polar surface area (TPSA) is 29.1 Å². The van der Waals surface area contributed by atoms with Gasteiger partial charge in [-0.15, -0.1) is 0 Å². The van der Waals surface area contributed by atoms with E-state index in [1.807, 2.05) is 48.5 Å². The van der Waals surface area contributed by atoms with Crippen molar-refractivity contribution in [1.82, 2.24) is 0 Å². The van der Waals surface area contributed by atoms with Crippen LogP contribution < -0.4 is 5.32 Å². The maximum absolute atomic E-state index is 12.5. The molecule has 4 rings (SSSR count). The molecule has 0 aliphatic rings. The normalized spacial score (nSPS) is 10.7. The van der Waals surface area contributed by atoms with Crippen LogP contribution >= 0.6 is 15.9 Å². The molecule has 126 valence electrons. The Morgan fingerprint density at radius 3 is 2.27 bits per heavy atom. The molecule has 0 spiro atoms. The van der Waals surface area contributed by atoms with Gasteiger partial charge in [0.1, 0.15) is 0 Å². The molecule has 1 amide bonds. The van der Waals surface area contributed by atoms with Crippen LogP contribution in [0.5, 0.6) is 0 Å². The van der Waals surface area contributed by atoms with Crippen LogP contribution in [0.1, 0.15) is 10.4 Å². The molecule has 3 heteroatoms. The predicted octanol–water partition coefficient (Wildman–Crippen LogP) is 6.52. The van der Waals surface area contributed by atoms with Crippen LogP contribution in [0.25, 0.3) is 21.9 Å².